The average molecular weight is 464 g/mol. The van der Waals surface area contributed by atoms with Crippen LogP contribution in [0.15, 0.2) is 55.0 Å². The Morgan fingerprint density at radius 3 is 2.48 bits per heavy atom. The molecule has 2 aliphatic rings. The number of aliphatic hydroxyl groups is 2. The summed E-state index contributed by atoms with van der Waals surface area (Å²) in [6, 6.07) is 11.2. The average Bonchev–Trinajstić information content (AvgIpc) is 2.82. The van der Waals surface area contributed by atoms with Gasteiger partial charge < -0.3 is 15.1 Å². The number of nitrogens with zero attached hydrogens (tertiary/aromatic N) is 3. The van der Waals surface area contributed by atoms with Gasteiger partial charge in [-0.1, -0.05) is 17.7 Å². The molecule has 1 aliphatic heterocycles. The van der Waals surface area contributed by atoms with Crippen LogP contribution in [0.2, 0.25) is 5.02 Å². The summed E-state index contributed by atoms with van der Waals surface area (Å²) in [5.41, 5.74) is 3.90. The summed E-state index contributed by atoms with van der Waals surface area (Å²) in [6.45, 7) is 1.10. The van der Waals surface area contributed by atoms with E-state index >= 15 is 0 Å². The molecule has 1 aliphatic carbocycles. The van der Waals surface area contributed by atoms with Crippen LogP contribution in [0.3, 0.4) is 0 Å². The standard InChI is InChI=1S/C26H26ClN3O3/c27-23-13-18(25(32)30-10-5-21(31)6-11-30)2-3-22(23)20-12-19(15-28-16-20)17-4-9-29-24(14-17)26(33)7-1-8-26/h2-4,9,12-16,21,31,33H,1,5-8,10-11H2. The van der Waals surface area contributed by atoms with E-state index < -0.39 is 5.60 Å². The Morgan fingerprint density at radius 2 is 1.79 bits per heavy atom. The van der Waals surface area contributed by atoms with Crippen molar-refractivity contribution in [2.24, 2.45) is 0 Å². The predicted octanol–water partition coefficient (Wildman–Crippen LogP) is 4.43. The molecule has 5 rings (SSSR count). The Labute approximate surface area is 197 Å². The van der Waals surface area contributed by atoms with Gasteiger partial charge in [0, 0.05) is 59.0 Å². The summed E-state index contributed by atoms with van der Waals surface area (Å²) in [5.74, 6) is -0.0690. The number of carbonyl (C=O) groups is 1. The highest BCUT2D eigenvalue weighted by atomic mass is 35.5. The lowest BCUT2D eigenvalue weighted by atomic mass is 9.77. The molecule has 3 aromatic rings. The first kappa shape index (κ1) is 22.0. The predicted molar refractivity (Wildman–Crippen MR) is 127 cm³/mol. The van der Waals surface area contributed by atoms with E-state index in [9.17, 15) is 15.0 Å². The van der Waals surface area contributed by atoms with Crippen LogP contribution in [0.4, 0.5) is 0 Å². The van der Waals surface area contributed by atoms with E-state index in [1.165, 1.54) is 0 Å². The molecule has 1 amide bonds. The highest BCUT2D eigenvalue weighted by Crippen LogP contribution is 2.41. The second kappa shape index (κ2) is 8.86. The van der Waals surface area contributed by atoms with Gasteiger partial charge in [-0.15, -0.1) is 0 Å². The highest BCUT2D eigenvalue weighted by Gasteiger charge is 2.37. The minimum absolute atomic E-state index is 0.0690. The van der Waals surface area contributed by atoms with E-state index in [-0.39, 0.29) is 12.0 Å². The number of amides is 1. The molecule has 1 saturated heterocycles. The Balaban J connectivity index is 1.40. The number of likely N-dealkylation sites (tertiary alicyclic amines) is 1. The summed E-state index contributed by atoms with van der Waals surface area (Å²) >= 11 is 6.60. The first-order valence-electron chi connectivity index (χ1n) is 11.3. The van der Waals surface area contributed by atoms with E-state index in [1.807, 2.05) is 24.3 Å². The number of halogens is 1. The van der Waals surface area contributed by atoms with Crippen LogP contribution >= 0.6 is 11.6 Å². The number of aromatic nitrogens is 2. The smallest absolute Gasteiger partial charge is 0.253 e. The highest BCUT2D eigenvalue weighted by molar-refractivity contribution is 6.33. The molecule has 1 saturated carbocycles. The normalized spacial score (nSPS) is 18.1. The van der Waals surface area contributed by atoms with Crippen LogP contribution in [0.1, 0.15) is 48.2 Å². The van der Waals surface area contributed by atoms with Crippen LogP contribution in [0.5, 0.6) is 0 Å². The van der Waals surface area contributed by atoms with E-state index in [2.05, 4.69) is 9.97 Å². The molecule has 0 spiro atoms. The third-order valence-electron chi connectivity index (χ3n) is 6.77. The fourth-order valence-electron chi connectivity index (χ4n) is 4.51. The van der Waals surface area contributed by atoms with Crippen molar-refractivity contribution in [1.82, 2.24) is 14.9 Å². The zero-order chi connectivity index (χ0) is 23.0. The van der Waals surface area contributed by atoms with Crippen LogP contribution in [-0.4, -0.2) is 50.2 Å². The Morgan fingerprint density at radius 1 is 1.03 bits per heavy atom. The molecule has 2 N–H and O–H groups in total. The number of piperidine rings is 1. The first-order chi connectivity index (χ1) is 15.9. The molecule has 0 radical (unpaired) electrons. The monoisotopic (exact) mass is 463 g/mol. The summed E-state index contributed by atoms with van der Waals surface area (Å²) < 4.78 is 0. The van der Waals surface area contributed by atoms with Crippen LogP contribution < -0.4 is 0 Å². The van der Waals surface area contributed by atoms with Crippen molar-refractivity contribution < 1.29 is 15.0 Å². The fourth-order valence-corrected chi connectivity index (χ4v) is 4.80. The van der Waals surface area contributed by atoms with Crippen molar-refractivity contribution in [2.75, 3.05) is 13.1 Å². The van der Waals surface area contributed by atoms with Gasteiger partial charge >= 0.3 is 0 Å². The molecule has 3 heterocycles. The van der Waals surface area contributed by atoms with Crippen molar-refractivity contribution in [1.29, 1.82) is 0 Å². The third kappa shape index (κ3) is 4.38. The Hall–Kier alpha value is -2.80. The molecule has 7 heteroatoms. The number of aliphatic hydroxyl groups excluding tert-OH is 1. The van der Waals surface area contributed by atoms with Gasteiger partial charge in [-0.25, -0.2) is 0 Å². The maximum atomic E-state index is 12.8. The van der Waals surface area contributed by atoms with Crippen LogP contribution in [-0.2, 0) is 5.60 Å². The zero-order valence-electron chi connectivity index (χ0n) is 18.2. The molecule has 170 valence electrons. The van der Waals surface area contributed by atoms with E-state index in [0.29, 0.717) is 42.2 Å². The van der Waals surface area contributed by atoms with Gasteiger partial charge in [-0.2, -0.15) is 0 Å². The number of carbonyl (C=O) groups excluding carboxylic acids is 1. The largest absolute Gasteiger partial charge is 0.393 e. The number of benzene rings is 1. The Kier molecular flexibility index (Phi) is 5.91. The molecule has 0 unspecified atom stereocenters. The topological polar surface area (TPSA) is 86.5 Å². The molecule has 0 bridgehead atoms. The minimum Gasteiger partial charge on any atom is -0.393 e. The molecule has 33 heavy (non-hydrogen) atoms. The Bertz CT molecular complexity index is 1190. The quantitative estimate of drug-likeness (QED) is 0.597. The number of hydrogen-bond donors (Lipinski definition) is 2. The third-order valence-corrected chi connectivity index (χ3v) is 7.08. The second-order valence-corrected chi connectivity index (χ2v) is 9.40. The van der Waals surface area contributed by atoms with Gasteiger partial charge in [-0.3, -0.25) is 14.8 Å². The molecule has 6 nitrogen and oxygen atoms in total. The van der Waals surface area contributed by atoms with Crippen molar-refractivity contribution in [2.45, 2.75) is 43.8 Å². The SMILES string of the molecule is O=C(c1ccc(-c2cncc(-c3ccnc(C4(O)CCC4)c3)c2)c(Cl)c1)N1CCC(O)CC1. The maximum Gasteiger partial charge on any atom is 0.253 e. The van der Waals surface area contributed by atoms with Gasteiger partial charge in [0.2, 0.25) is 0 Å². The molecular formula is C26H26ClN3O3. The first-order valence-corrected chi connectivity index (χ1v) is 11.7. The summed E-state index contributed by atoms with van der Waals surface area (Å²) in [5, 5.41) is 20.8. The number of rotatable bonds is 4. The van der Waals surface area contributed by atoms with Crippen molar-refractivity contribution in [3.8, 4) is 22.3 Å². The van der Waals surface area contributed by atoms with Crippen LogP contribution in [0.25, 0.3) is 22.3 Å². The summed E-state index contributed by atoms with van der Waals surface area (Å²) in [7, 11) is 0. The number of pyridine rings is 2. The second-order valence-electron chi connectivity index (χ2n) is 9.00. The fraction of sp³-hybridized carbons (Fsp3) is 0.346. The lowest BCUT2D eigenvalue weighted by molar-refractivity contribution is -0.0425. The van der Waals surface area contributed by atoms with Gasteiger partial charge in [0.1, 0.15) is 5.60 Å². The van der Waals surface area contributed by atoms with E-state index in [1.54, 1.807) is 35.6 Å². The van der Waals surface area contributed by atoms with Gasteiger partial charge in [0.15, 0.2) is 0 Å². The maximum absolute atomic E-state index is 12.8. The van der Waals surface area contributed by atoms with Gasteiger partial charge in [-0.05, 0) is 68.0 Å². The van der Waals surface area contributed by atoms with Crippen molar-refractivity contribution >= 4 is 17.5 Å². The van der Waals surface area contributed by atoms with Gasteiger partial charge in [0.25, 0.3) is 5.91 Å². The summed E-state index contributed by atoms with van der Waals surface area (Å²) in [4.78, 5) is 23.4. The van der Waals surface area contributed by atoms with Gasteiger partial charge in [0.05, 0.1) is 11.8 Å². The number of hydrogen-bond acceptors (Lipinski definition) is 5. The van der Waals surface area contributed by atoms with Crippen molar-refractivity contribution in [3.63, 3.8) is 0 Å². The van der Waals surface area contributed by atoms with Crippen molar-refractivity contribution in [3.05, 3.63) is 71.3 Å². The summed E-state index contributed by atoms with van der Waals surface area (Å²) in [6.07, 6.45) is 8.61. The molecular weight excluding hydrogens is 438 g/mol. The lowest BCUT2D eigenvalue weighted by Crippen LogP contribution is -2.40. The van der Waals surface area contributed by atoms with E-state index in [4.69, 9.17) is 11.6 Å². The lowest BCUT2D eigenvalue weighted by Gasteiger charge is -2.36. The molecule has 0 atom stereocenters. The van der Waals surface area contributed by atoms with E-state index in [0.717, 1.165) is 41.5 Å². The minimum atomic E-state index is -0.820. The molecule has 2 aromatic heterocycles. The molecule has 2 fully saturated rings. The molecule has 1 aromatic carbocycles. The van der Waals surface area contributed by atoms with Crippen LogP contribution in [0, 0.1) is 0 Å². The zero-order valence-corrected chi connectivity index (χ0v) is 19.0.